The maximum atomic E-state index is 12.2. The van der Waals surface area contributed by atoms with Crippen molar-refractivity contribution in [3.05, 3.63) is 18.0 Å². The quantitative estimate of drug-likeness (QED) is 0.868. The molecule has 2 rings (SSSR count). The number of amides is 1. The van der Waals surface area contributed by atoms with Crippen molar-refractivity contribution in [2.45, 2.75) is 12.3 Å². The van der Waals surface area contributed by atoms with E-state index in [1.165, 1.54) is 17.3 Å². The number of nitrogens with zero attached hydrogens (tertiary/aromatic N) is 2. The second-order valence-corrected chi connectivity index (χ2v) is 7.56. The molecule has 1 saturated heterocycles. The number of aromatic amines is 1. The predicted molar refractivity (Wildman–Crippen MR) is 70.2 cm³/mol. The van der Waals surface area contributed by atoms with Gasteiger partial charge in [-0.2, -0.15) is 16.9 Å². The Morgan fingerprint density at radius 3 is 3.06 bits per heavy atom. The Labute approximate surface area is 110 Å². The van der Waals surface area contributed by atoms with Crippen LogP contribution in [0.15, 0.2) is 12.4 Å². The first-order valence-electron chi connectivity index (χ1n) is 5.65. The normalized spacial score (nSPS) is 20.9. The minimum absolute atomic E-state index is 0.0490. The summed E-state index contributed by atoms with van der Waals surface area (Å²) in [6.45, 7) is 2.06. The summed E-state index contributed by atoms with van der Waals surface area (Å²) in [7, 11) is -3.25. The van der Waals surface area contributed by atoms with Gasteiger partial charge in [0.25, 0.3) is 5.91 Å². The van der Waals surface area contributed by atoms with Crippen molar-refractivity contribution in [2.75, 3.05) is 23.8 Å². The van der Waals surface area contributed by atoms with Gasteiger partial charge >= 0.3 is 0 Å². The zero-order valence-corrected chi connectivity index (χ0v) is 11.6. The number of H-pyrrole nitrogens is 1. The molecule has 1 fully saturated rings. The molecule has 1 atom stereocenters. The lowest BCUT2D eigenvalue weighted by atomic mass is 10.3. The topological polar surface area (TPSA) is 83.1 Å². The fourth-order valence-corrected chi connectivity index (χ4v) is 4.80. The number of thioether (sulfide) groups is 1. The average Bonchev–Trinajstić information content (AvgIpc) is 2.92. The van der Waals surface area contributed by atoms with Crippen molar-refractivity contribution in [3.8, 4) is 0 Å². The highest BCUT2D eigenvalue weighted by Gasteiger charge is 2.36. The molecule has 0 bridgehead atoms. The van der Waals surface area contributed by atoms with Crippen LogP contribution in [0.1, 0.15) is 17.3 Å². The van der Waals surface area contributed by atoms with Crippen LogP contribution in [0, 0.1) is 0 Å². The summed E-state index contributed by atoms with van der Waals surface area (Å²) < 4.78 is 24.0. The Hall–Kier alpha value is -1.02. The molecule has 6 nitrogen and oxygen atoms in total. The van der Waals surface area contributed by atoms with Crippen LogP contribution in [0.3, 0.4) is 0 Å². The van der Waals surface area contributed by atoms with E-state index in [0.29, 0.717) is 17.9 Å². The van der Waals surface area contributed by atoms with Gasteiger partial charge in [0.1, 0.15) is 5.37 Å². The second-order valence-electron chi connectivity index (χ2n) is 3.97. The fourth-order valence-electron chi connectivity index (χ4n) is 1.84. The Kier molecular flexibility index (Phi) is 3.96. The maximum absolute atomic E-state index is 12.2. The number of carbonyl (C=O) groups excluding carboxylic acids is 1. The lowest BCUT2D eigenvalue weighted by Crippen LogP contribution is -2.50. The smallest absolute Gasteiger partial charge is 0.258 e. The van der Waals surface area contributed by atoms with Crippen molar-refractivity contribution < 1.29 is 13.2 Å². The van der Waals surface area contributed by atoms with Gasteiger partial charge in [-0.3, -0.25) is 9.89 Å². The average molecular weight is 289 g/mol. The van der Waals surface area contributed by atoms with Gasteiger partial charge in [0.05, 0.1) is 11.8 Å². The van der Waals surface area contributed by atoms with Gasteiger partial charge in [-0.25, -0.2) is 8.42 Å². The van der Waals surface area contributed by atoms with Crippen LogP contribution in [0.5, 0.6) is 0 Å². The van der Waals surface area contributed by atoms with Gasteiger partial charge in [0, 0.05) is 30.0 Å². The van der Waals surface area contributed by atoms with Crippen LogP contribution in [0.2, 0.25) is 0 Å². The van der Waals surface area contributed by atoms with Crippen molar-refractivity contribution in [2.24, 2.45) is 0 Å². The standard InChI is InChI=1S/C10H15N3O3S2/c1-2-18(15,16)9-7-17-4-3-13(9)10(14)8-5-11-12-6-8/h5-6,9H,2-4,7H2,1H3,(H,11,12). The number of aromatic nitrogens is 2. The first kappa shape index (κ1) is 13.4. The molecule has 2 heterocycles. The van der Waals surface area contributed by atoms with E-state index in [1.54, 1.807) is 18.7 Å². The molecule has 0 aromatic carbocycles. The first-order valence-corrected chi connectivity index (χ1v) is 8.52. The summed E-state index contributed by atoms with van der Waals surface area (Å²) in [6, 6.07) is 0. The summed E-state index contributed by atoms with van der Waals surface area (Å²) in [5, 5.41) is 5.56. The van der Waals surface area contributed by atoms with Crippen LogP contribution >= 0.6 is 11.8 Å². The molecule has 1 aromatic heterocycles. The fraction of sp³-hybridized carbons (Fsp3) is 0.600. The molecule has 100 valence electrons. The maximum Gasteiger partial charge on any atom is 0.258 e. The van der Waals surface area contributed by atoms with E-state index < -0.39 is 15.2 Å². The molecule has 0 radical (unpaired) electrons. The Balaban J connectivity index is 2.26. The molecule has 1 amide bonds. The van der Waals surface area contributed by atoms with Gasteiger partial charge in [-0.15, -0.1) is 0 Å². The van der Waals surface area contributed by atoms with Crippen molar-refractivity contribution in [1.82, 2.24) is 15.1 Å². The molecular weight excluding hydrogens is 274 g/mol. The van der Waals surface area contributed by atoms with E-state index in [9.17, 15) is 13.2 Å². The molecule has 0 aliphatic carbocycles. The molecule has 1 aromatic rings. The SMILES string of the molecule is CCS(=O)(=O)C1CSCCN1C(=O)c1cn[nH]c1. The Bertz CT molecular complexity index is 512. The molecule has 1 unspecified atom stereocenters. The molecule has 1 N–H and O–H groups in total. The zero-order valence-electron chi connectivity index (χ0n) is 10.00. The third kappa shape index (κ3) is 2.54. The van der Waals surface area contributed by atoms with E-state index in [2.05, 4.69) is 10.2 Å². The van der Waals surface area contributed by atoms with Crippen molar-refractivity contribution in [3.63, 3.8) is 0 Å². The summed E-state index contributed by atoms with van der Waals surface area (Å²) in [4.78, 5) is 13.7. The molecule has 1 aliphatic heterocycles. The molecule has 8 heteroatoms. The van der Waals surface area contributed by atoms with E-state index in [0.717, 1.165) is 5.75 Å². The number of sulfone groups is 1. The minimum Gasteiger partial charge on any atom is -0.320 e. The number of carbonyl (C=O) groups is 1. The van der Waals surface area contributed by atoms with Gasteiger partial charge < -0.3 is 4.90 Å². The highest BCUT2D eigenvalue weighted by atomic mass is 32.2. The van der Waals surface area contributed by atoms with E-state index in [4.69, 9.17) is 0 Å². The predicted octanol–water partition coefficient (Wildman–Crippen LogP) is 0.359. The van der Waals surface area contributed by atoms with Crippen LogP contribution in [0.25, 0.3) is 0 Å². The number of hydrogen-bond donors (Lipinski definition) is 1. The van der Waals surface area contributed by atoms with E-state index in [1.807, 2.05) is 0 Å². The highest BCUT2D eigenvalue weighted by molar-refractivity contribution is 8.01. The molecule has 1 aliphatic rings. The van der Waals surface area contributed by atoms with Crippen LogP contribution in [-0.2, 0) is 9.84 Å². The summed E-state index contributed by atoms with van der Waals surface area (Å²) in [5.74, 6) is 0.984. The van der Waals surface area contributed by atoms with Crippen molar-refractivity contribution in [1.29, 1.82) is 0 Å². The van der Waals surface area contributed by atoms with Gasteiger partial charge in [-0.1, -0.05) is 6.92 Å². The van der Waals surface area contributed by atoms with Crippen LogP contribution < -0.4 is 0 Å². The monoisotopic (exact) mass is 289 g/mol. The van der Waals surface area contributed by atoms with Gasteiger partial charge in [-0.05, 0) is 0 Å². The van der Waals surface area contributed by atoms with Crippen molar-refractivity contribution >= 4 is 27.5 Å². The minimum atomic E-state index is -3.25. The number of rotatable bonds is 3. The largest absolute Gasteiger partial charge is 0.320 e. The number of hydrogen-bond acceptors (Lipinski definition) is 5. The molecule has 0 saturated carbocycles. The third-order valence-electron chi connectivity index (χ3n) is 2.91. The molecule has 0 spiro atoms. The molecular formula is C10H15N3O3S2. The molecule has 18 heavy (non-hydrogen) atoms. The van der Waals surface area contributed by atoms with Crippen LogP contribution in [0.4, 0.5) is 0 Å². The van der Waals surface area contributed by atoms with Gasteiger partial charge in [0.2, 0.25) is 0 Å². The van der Waals surface area contributed by atoms with E-state index in [-0.39, 0.29) is 11.7 Å². The lowest BCUT2D eigenvalue weighted by Gasteiger charge is -2.34. The number of nitrogens with one attached hydrogen (secondary N) is 1. The second kappa shape index (κ2) is 5.31. The summed E-state index contributed by atoms with van der Waals surface area (Å²) in [6.07, 6.45) is 2.90. The van der Waals surface area contributed by atoms with E-state index >= 15 is 0 Å². The highest BCUT2D eigenvalue weighted by Crippen LogP contribution is 2.23. The zero-order chi connectivity index (χ0) is 13.2. The van der Waals surface area contributed by atoms with Crippen LogP contribution in [-0.4, -0.2) is 58.6 Å². The lowest BCUT2D eigenvalue weighted by molar-refractivity contribution is 0.0749. The van der Waals surface area contributed by atoms with Gasteiger partial charge in [0.15, 0.2) is 9.84 Å². The Morgan fingerprint density at radius 1 is 1.67 bits per heavy atom. The first-order chi connectivity index (χ1) is 8.56. The third-order valence-corrected chi connectivity index (χ3v) is 6.20. The Morgan fingerprint density at radius 2 is 2.44 bits per heavy atom. The summed E-state index contributed by atoms with van der Waals surface area (Å²) >= 11 is 1.57. The summed E-state index contributed by atoms with van der Waals surface area (Å²) in [5.41, 5.74) is 0.401.